The quantitative estimate of drug-likeness (QED) is 0.455. The standard InChI is InChI=1S/C17H25N3O2/c1-11-5-7-12(8-6-11)19-14(21)13-9-10-17(4,15(22)20-18)16(13,2)3/h5-8,13H,9-10,18H2,1-4H3,(H,19,21)(H,20,22)/t13?,17-/m1/s1. The van der Waals surface area contributed by atoms with Crippen molar-refractivity contribution in [2.45, 2.75) is 40.5 Å². The zero-order valence-electron chi connectivity index (χ0n) is 13.7. The number of carbonyl (C=O) groups is 2. The number of hydrogen-bond donors (Lipinski definition) is 3. The fraction of sp³-hybridized carbons (Fsp3) is 0.529. The molecule has 0 spiro atoms. The highest BCUT2D eigenvalue weighted by Gasteiger charge is 2.57. The van der Waals surface area contributed by atoms with Crippen molar-refractivity contribution in [3.63, 3.8) is 0 Å². The Morgan fingerprint density at radius 3 is 2.32 bits per heavy atom. The molecule has 1 fully saturated rings. The van der Waals surface area contributed by atoms with E-state index < -0.39 is 10.8 Å². The lowest BCUT2D eigenvalue weighted by Crippen LogP contribution is -2.50. The summed E-state index contributed by atoms with van der Waals surface area (Å²) in [5, 5.41) is 2.96. The second-order valence-corrected chi connectivity index (χ2v) is 6.97. The van der Waals surface area contributed by atoms with Gasteiger partial charge >= 0.3 is 0 Å². The topological polar surface area (TPSA) is 84.2 Å². The molecule has 1 aromatic rings. The molecule has 0 aromatic heterocycles. The number of nitrogens with one attached hydrogen (secondary N) is 2. The summed E-state index contributed by atoms with van der Waals surface area (Å²) in [6, 6.07) is 7.70. The highest BCUT2D eigenvalue weighted by molar-refractivity contribution is 5.95. The summed E-state index contributed by atoms with van der Waals surface area (Å²) in [4.78, 5) is 24.8. The van der Waals surface area contributed by atoms with Gasteiger partial charge in [-0.2, -0.15) is 0 Å². The van der Waals surface area contributed by atoms with Gasteiger partial charge in [-0.3, -0.25) is 15.0 Å². The van der Waals surface area contributed by atoms with Crippen molar-refractivity contribution in [3.8, 4) is 0 Å². The van der Waals surface area contributed by atoms with Crippen LogP contribution in [0.5, 0.6) is 0 Å². The van der Waals surface area contributed by atoms with E-state index in [4.69, 9.17) is 5.84 Å². The van der Waals surface area contributed by atoms with Crippen LogP contribution in [0.3, 0.4) is 0 Å². The number of hydrazine groups is 1. The van der Waals surface area contributed by atoms with Crippen molar-refractivity contribution in [1.82, 2.24) is 5.43 Å². The number of hydrogen-bond acceptors (Lipinski definition) is 3. The summed E-state index contributed by atoms with van der Waals surface area (Å²) in [5.41, 5.74) is 3.06. The first-order valence-electron chi connectivity index (χ1n) is 7.61. The first-order chi connectivity index (χ1) is 10.2. The molecular weight excluding hydrogens is 278 g/mol. The lowest BCUT2D eigenvalue weighted by molar-refractivity contribution is -0.137. The molecule has 0 heterocycles. The molecule has 2 amide bonds. The number of benzene rings is 1. The Labute approximate surface area is 131 Å². The number of rotatable bonds is 3. The third-order valence-corrected chi connectivity index (χ3v) is 5.49. The minimum Gasteiger partial charge on any atom is -0.326 e. The average molecular weight is 303 g/mol. The van der Waals surface area contributed by atoms with Gasteiger partial charge in [-0.1, -0.05) is 38.5 Å². The summed E-state index contributed by atoms with van der Waals surface area (Å²) in [6.45, 7) is 7.82. The van der Waals surface area contributed by atoms with E-state index in [1.165, 1.54) is 0 Å². The largest absolute Gasteiger partial charge is 0.326 e. The second kappa shape index (κ2) is 5.72. The van der Waals surface area contributed by atoms with Crippen molar-refractivity contribution in [1.29, 1.82) is 0 Å². The maximum atomic E-state index is 12.6. The monoisotopic (exact) mass is 303 g/mol. The third kappa shape index (κ3) is 2.61. The van der Waals surface area contributed by atoms with Gasteiger partial charge in [0.2, 0.25) is 11.8 Å². The van der Waals surface area contributed by atoms with Crippen LogP contribution in [0.25, 0.3) is 0 Å². The smallest absolute Gasteiger partial charge is 0.240 e. The van der Waals surface area contributed by atoms with E-state index in [1.54, 1.807) is 0 Å². The maximum absolute atomic E-state index is 12.6. The number of carbonyl (C=O) groups excluding carboxylic acids is 2. The van der Waals surface area contributed by atoms with E-state index in [9.17, 15) is 9.59 Å². The van der Waals surface area contributed by atoms with Crippen LogP contribution in [0, 0.1) is 23.7 Å². The Hall–Kier alpha value is -1.88. The fourth-order valence-corrected chi connectivity index (χ4v) is 3.39. The van der Waals surface area contributed by atoms with E-state index in [2.05, 4.69) is 10.7 Å². The Morgan fingerprint density at radius 2 is 1.77 bits per heavy atom. The number of amides is 2. The first-order valence-corrected chi connectivity index (χ1v) is 7.61. The molecule has 4 N–H and O–H groups in total. The van der Waals surface area contributed by atoms with Gasteiger partial charge in [-0.25, -0.2) is 5.84 Å². The summed E-state index contributed by atoms with van der Waals surface area (Å²) in [7, 11) is 0. The van der Waals surface area contributed by atoms with E-state index in [1.807, 2.05) is 52.0 Å². The third-order valence-electron chi connectivity index (χ3n) is 5.49. The SMILES string of the molecule is Cc1ccc(NC(=O)C2CC[C@](C)(C(=O)NN)C2(C)C)cc1. The number of aryl methyl sites for hydroxylation is 1. The molecule has 120 valence electrons. The summed E-state index contributed by atoms with van der Waals surface area (Å²) in [5.74, 6) is 4.85. The summed E-state index contributed by atoms with van der Waals surface area (Å²) in [6.07, 6.45) is 1.32. The summed E-state index contributed by atoms with van der Waals surface area (Å²) >= 11 is 0. The molecule has 5 nitrogen and oxygen atoms in total. The van der Waals surface area contributed by atoms with Gasteiger partial charge in [0.1, 0.15) is 0 Å². The Morgan fingerprint density at radius 1 is 1.18 bits per heavy atom. The molecule has 1 aromatic carbocycles. The zero-order valence-corrected chi connectivity index (χ0v) is 13.7. The molecule has 0 radical (unpaired) electrons. The highest BCUT2D eigenvalue weighted by Crippen LogP contribution is 2.56. The van der Waals surface area contributed by atoms with E-state index in [0.29, 0.717) is 12.8 Å². The minimum absolute atomic E-state index is 0.0394. The van der Waals surface area contributed by atoms with Crippen LogP contribution in [0.15, 0.2) is 24.3 Å². The van der Waals surface area contributed by atoms with Crippen molar-refractivity contribution in [2.75, 3.05) is 5.32 Å². The van der Waals surface area contributed by atoms with Crippen molar-refractivity contribution in [3.05, 3.63) is 29.8 Å². The predicted molar refractivity (Wildman–Crippen MR) is 86.8 cm³/mol. The molecule has 1 aliphatic rings. The molecule has 5 heteroatoms. The van der Waals surface area contributed by atoms with Gasteiger partial charge in [0.15, 0.2) is 0 Å². The number of anilines is 1. The van der Waals surface area contributed by atoms with Crippen LogP contribution in [0.1, 0.15) is 39.2 Å². The summed E-state index contributed by atoms with van der Waals surface area (Å²) < 4.78 is 0. The van der Waals surface area contributed by atoms with Crippen LogP contribution in [-0.2, 0) is 9.59 Å². The normalized spacial score (nSPS) is 26.5. The van der Waals surface area contributed by atoms with Crippen LogP contribution < -0.4 is 16.6 Å². The van der Waals surface area contributed by atoms with E-state index in [-0.39, 0.29) is 17.7 Å². The van der Waals surface area contributed by atoms with Crippen molar-refractivity contribution >= 4 is 17.5 Å². The van der Waals surface area contributed by atoms with Gasteiger partial charge in [0, 0.05) is 11.6 Å². The first kappa shape index (κ1) is 16.5. The molecule has 0 saturated heterocycles. The van der Waals surface area contributed by atoms with Crippen molar-refractivity contribution < 1.29 is 9.59 Å². The molecule has 1 aliphatic carbocycles. The molecule has 22 heavy (non-hydrogen) atoms. The van der Waals surface area contributed by atoms with E-state index >= 15 is 0 Å². The zero-order chi connectivity index (χ0) is 16.5. The van der Waals surface area contributed by atoms with Gasteiger partial charge < -0.3 is 5.32 Å². The molecule has 0 bridgehead atoms. The molecule has 2 rings (SSSR count). The van der Waals surface area contributed by atoms with Gasteiger partial charge in [0.05, 0.1) is 5.41 Å². The predicted octanol–water partition coefficient (Wildman–Crippen LogP) is 2.37. The van der Waals surface area contributed by atoms with E-state index in [0.717, 1.165) is 11.3 Å². The van der Waals surface area contributed by atoms with Gasteiger partial charge in [0.25, 0.3) is 0 Å². The molecule has 1 unspecified atom stereocenters. The Kier molecular flexibility index (Phi) is 4.29. The van der Waals surface area contributed by atoms with Gasteiger partial charge in [-0.15, -0.1) is 0 Å². The van der Waals surface area contributed by atoms with Crippen LogP contribution >= 0.6 is 0 Å². The fourth-order valence-electron chi connectivity index (χ4n) is 3.39. The maximum Gasteiger partial charge on any atom is 0.240 e. The van der Waals surface area contributed by atoms with Crippen LogP contribution in [0.4, 0.5) is 5.69 Å². The molecular formula is C17H25N3O2. The Balaban J connectivity index is 2.17. The van der Waals surface area contributed by atoms with Gasteiger partial charge in [-0.05, 0) is 37.3 Å². The minimum atomic E-state index is -0.642. The molecule has 2 atom stereocenters. The Bertz CT molecular complexity index is 580. The molecule has 1 saturated carbocycles. The van der Waals surface area contributed by atoms with Crippen LogP contribution in [0.2, 0.25) is 0 Å². The average Bonchev–Trinajstić information content (AvgIpc) is 2.72. The molecule has 0 aliphatic heterocycles. The second-order valence-electron chi connectivity index (χ2n) is 6.97. The number of nitrogens with two attached hydrogens (primary N) is 1. The van der Waals surface area contributed by atoms with Crippen molar-refractivity contribution in [2.24, 2.45) is 22.6 Å². The lowest BCUT2D eigenvalue weighted by Gasteiger charge is -2.39. The lowest BCUT2D eigenvalue weighted by atomic mass is 9.65. The highest BCUT2D eigenvalue weighted by atomic mass is 16.2. The van der Waals surface area contributed by atoms with Crippen LogP contribution in [-0.4, -0.2) is 11.8 Å².